The maximum absolute atomic E-state index is 12.7. The maximum Gasteiger partial charge on any atom is 0.326 e. The average Bonchev–Trinajstić information content (AvgIpc) is 2.87. The second-order valence-electron chi connectivity index (χ2n) is 5.84. The smallest absolute Gasteiger partial charge is 0.326 e. The number of aliphatic carboxylic acids is 1. The molecule has 3 unspecified atom stereocenters. The molecule has 0 aromatic rings. The van der Waals surface area contributed by atoms with E-state index in [2.05, 4.69) is 5.32 Å². The van der Waals surface area contributed by atoms with E-state index >= 15 is 0 Å². The molecule has 2 heterocycles. The van der Waals surface area contributed by atoms with Crippen molar-refractivity contribution >= 4 is 17.9 Å². The number of nitrogens with zero attached hydrogens (tertiary/aromatic N) is 2. The zero-order chi connectivity index (χ0) is 15.6. The van der Waals surface area contributed by atoms with Crippen LogP contribution in [-0.2, 0) is 9.59 Å². The highest BCUT2D eigenvalue weighted by molar-refractivity contribution is 5.89. The van der Waals surface area contributed by atoms with Gasteiger partial charge in [-0.05, 0) is 31.6 Å². The first kappa shape index (κ1) is 15.6. The summed E-state index contributed by atoms with van der Waals surface area (Å²) in [5.41, 5.74) is 0. The molecular weight excluding hydrogens is 274 g/mol. The molecule has 2 rings (SSSR count). The lowest BCUT2D eigenvalue weighted by molar-refractivity contribution is -0.142. The molecule has 0 spiro atoms. The van der Waals surface area contributed by atoms with Gasteiger partial charge in [-0.15, -0.1) is 0 Å². The molecule has 2 aliphatic rings. The van der Waals surface area contributed by atoms with Crippen molar-refractivity contribution in [2.24, 2.45) is 5.92 Å². The Kier molecular flexibility index (Phi) is 4.69. The molecule has 0 aliphatic carbocycles. The van der Waals surface area contributed by atoms with Gasteiger partial charge in [-0.1, -0.05) is 6.92 Å². The average molecular weight is 297 g/mol. The van der Waals surface area contributed by atoms with E-state index in [1.807, 2.05) is 6.92 Å². The van der Waals surface area contributed by atoms with E-state index in [-0.39, 0.29) is 17.9 Å². The molecule has 2 saturated heterocycles. The lowest BCUT2D eigenvalue weighted by Gasteiger charge is -2.38. The van der Waals surface area contributed by atoms with Crippen LogP contribution in [0.4, 0.5) is 4.79 Å². The molecule has 2 fully saturated rings. The molecule has 21 heavy (non-hydrogen) atoms. The minimum atomic E-state index is -0.971. The van der Waals surface area contributed by atoms with E-state index in [0.717, 1.165) is 12.8 Å². The van der Waals surface area contributed by atoms with Gasteiger partial charge in [0.1, 0.15) is 12.1 Å². The van der Waals surface area contributed by atoms with Crippen molar-refractivity contribution in [1.82, 2.24) is 15.1 Å². The lowest BCUT2D eigenvalue weighted by atomic mass is 10.0. The summed E-state index contributed by atoms with van der Waals surface area (Å²) in [5, 5.41) is 11.9. The van der Waals surface area contributed by atoms with E-state index in [1.165, 1.54) is 9.80 Å². The summed E-state index contributed by atoms with van der Waals surface area (Å²) < 4.78 is 0. The zero-order valence-electron chi connectivity index (χ0n) is 12.5. The Morgan fingerprint density at radius 2 is 1.81 bits per heavy atom. The third kappa shape index (κ3) is 2.96. The van der Waals surface area contributed by atoms with Gasteiger partial charge < -0.3 is 20.2 Å². The highest BCUT2D eigenvalue weighted by Crippen LogP contribution is 2.27. The molecule has 7 heteroatoms. The molecule has 0 saturated carbocycles. The normalized spacial score (nSPS) is 29.3. The Balaban J connectivity index is 2.17. The quantitative estimate of drug-likeness (QED) is 0.776. The summed E-state index contributed by atoms with van der Waals surface area (Å²) in [6.45, 7) is 2.79. The third-order valence-corrected chi connectivity index (χ3v) is 4.50. The summed E-state index contributed by atoms with van der Waals surface area (Å²) in [6, 6.07) is -1.59. The Hall–Kier alpha value is -1.79. The first-order valence-electron chi connectivity index (χ1n) is 7.49. The predicted octanol–water partition coefficient (Wildman–Crippen LogP) is 0.502. The van der Waals surface area contributed by atoms with Gasteiger partial charge in [0.05, 0.1) is 0 Å². The van der Waals surface area contributed by atoms with Crippen LogP contribution < -0.4 is 5.32 Å². The molecule has 0 aromatic heterocycles. The van der Waals surface area contributed by atoms with Crippen molar-refractivity contribution in [1.29, 1.82) is 0 Å². The Bertz CT molecular complexity index is 440. The van der Waals surface area contributed by atoms with Gasteiger partial charge >= 0.3 is 12.0 Å². The number of carboxylic acids is 1. The maximum atomic E-state index is 12.7. The van der Waals surface area contributed by atoms with Crippen LogP contribution in [0.2, 0.25) is 0 Å². The fourth-order valence-electron chi connectivity index (χ4n) is 3.30. The van der Waals surface area contributed by atoms with Gasteiger partial charge in [0.15, 0.2) is 0 Å². The molecule has 7 nitrogen and oxygen atoms in total. The van der Waals surface area contributed by atoms with Crippen molar-refractivity contribution in [2.75, 3.05) is 20.1 Å². The number of likely N-dealkylation sites (tertiary alicyclic amines) is 2. The third-order valence-electron chi connectivity index (χ3n) is 4.50. The number of amides is 3. The second-order valence-corrected chi connectivity index (χ2v) is 5.84. The van der Waals surface area contributed by atoms with E-state index < -0.39 is 18.1 Å². The van der Waals surface area contributed by atoms with Crippen molar-refractivity contribution in [3.63, 3.8) is 0 Å². The summed E-state index contributed by atoms with van der Waals surface area (Å²) >= 11 is 0. The largest absolute Gasteiger partial charge is 0.480 e. The summed E-state index contributed by atoms with van der Waals surface area (Å²) in [4.78, 5) is 39.0. The molecule has 3 atom stereocenters. The van der Waals surface area contributed by atoms with Crippen LogP contribution in [0.1, 0.15) is 32.6 Å². The Morgan fingerprint density at radius 3 is 2.43 bits per heavy atom. The number of likely N-dealkylation sites (N-methyl/N-ethyl adjacent to an activating group) is 1. The molecule has 0 radical (unpaired) electrons. The number of carboxylic acid groups (broad SMARTS) is 1. The summed E-state index contributed by atoms with van der Waals surface area (Å²) in [6.07, 6.45) is 3.06. The van der Waals surface area contributed by atoms with E-state index in [4.69, 9.17) is 0 Å². The molecule has 118 valence electrons. The van der Waals surface area contributed by atoms with E-state index in [1.54, 1.807) is 7.05 Å². The molecule has 0 aromatic carbocycles. The SMILES string of the molecule is CNC(=O)C1CCCCN1C(=O)N1CCC(C)C1C(=O)O. The van der Waals surface area contributed by atoms with Crippen LogP contribution in [0.5, 0.6) is 0 Å². The molecule has 3 amide bonds. The fourth-order valence-corrected chi connectivity index (χ4v) is 3.30. The van der Waals surface area contributed by atoms with Gasteiger partial charge in [0, 0.05) is 20.1 Å². The highest BCUT2D eigenvalue weighted by atomic mass is 16.4. The van der Waals surface area contributed by atoms with Gasteiger partial charge in [0.25, 0.3) is 0 Å². The number of carbonyl (C=O) groups excluding carboxylic acids is 2. The van der Waals surface area contributed by atoms with Crippen LogP contribution in [0.25, 0.3) is 0 Å². The minimum absolute atomic E-state index is 0.0605. The molecule has 2 N–H and O–H groups in total. The number of rotatable bonds is 2. The molecule has 2 aliphatic heterocycles. The highest BCUT2D eigenvalue weighted by Gasteiger charge is 2.43. The minimum Gasteiger partial charge on any atom is -0.480 e. The molecule has 0 bridgehead atoms. The van der Waals surface area contributed by atoms with Gasteiger partial charge in [-0.2, -0.15) is 0 Å². The lowest BCUT2D eigenvalue weighted by Crippen LogP contribution is -2.57. The topological polar surface area (TPSA) is 90.0 Å². The fraction of sp³-hybridized carbons (Fsp3) is 0.786. The van der Waals surface area contributed by atoms with E-state index in [0.29, 0.717) is 25.9 Å². The number of hydrogen-bond donors (Lipinski definition) is 2. The Morgan fingerprint density at radius 1 is 1.10 bits per heavy atom. The van der Waals surface area contributed by atoms with Crippen LogP contribution >= 0.6 is 0 Å². The Labute approximate surface area is 124 Å². The van der Waals surface area contributed by atoms with Crippen LogP contribution in [0.3, 0.4) is 0 Å². The standard InChI is InChI=1S/C14H23N3O4/c1-9-6-8-17(11(9)13(19)20)14(21)16-7-4-3-5-10(16)12(18)15-2/h9-11H,3-8H2,1-2H3,(H,15,18)(H,19,20). The number of nitrogens with one attached hydrogen (secondary N) is 1. The van der Waals surface area contributed by atoms with Crippen molar-refractivity contribution < 1.29 is 19.5 Å². The first-order valence-corrected chi connectivity index (χ1v) is 7.49. The van der Waals surface area contributed by atoms with Gasteiger partial charge in [0.2, 0.25) is 5.91 Å². The number of piperidine rings is 1. The first-order chi connectivity index (χ1) is 9.97. The number of hydrogen-bond acceptors (Lipinski definition) is 3. The predicted molar refractivity (Wildman–Crippen MR) is 75.7 cm³/mol. The van der Waals surface area contributed by atoms with Crippen LogP contribution in [0.15, 0.2) is 0 Å². The number of urea groups is 1. The van der Waals surface area contributed by atoms with Crippen LogP contribution in [-0.4, -0.2) is 65.0 Å². The number of carbonyl (C=O) groups is 3. The van der Waals surface area contributed by atoms with Gasteiger partial charge in [-0.3, -0.25) is 4.79 Å². The summed E-state index contributed by atoms with van der Waals surface area (Å²) in [5.74, 6) is -1.21. The second kappa shape index (κ2) is 6.32. The van der Waals surface area contributed by atoms with E-state index in [9.17, 15) is 19.5 Å². The molecular formula is C14H23N3O4. The monoisotopic (exact) mass is 297 g/mol. The van der Waals surface area contributed by atoms with Crippen LogP contribution in [0, 0.1) is 5.92 Å². The zero-order valence-corrected chi connectivity index (χ0v) is 12.5. The van der Waals surface area contributed by atoms with Crippen molar-refractivity contribution in [3.8, 4) is 0 Å². The van der Waals surface area contributed by atoms with Gasteiger partial charge in [-0.25, -0.2) is 9.59 Å². The van der Waals surface area contributed by atoms with Crippen molar-refractivity contribution in [2.45, 2.75) is 44.7 Å². The summed E-state index contributed by atoms with van der Waals surface area (Å²) in [7, 11) is 1.55. The van der Waals surface area contributed by atoms with Crippen molar-refractivity contribution in [3.05, 3.63) is 0 Å².